The zero-order valence-corrected chi connectivity index (χ0v) is 14.1. The van der Waals surface area contributed by atoms with Crippen LogP contribution in [0.25, 0.3) is 0 Å². The number of nitrogens with one attached hydrogen (secondary N) is 1. The monoisotopic (exact) mass is 332 g/mol. The molecule has 0 unspecified atom stereocenters. The molecule has 0 aliphatic heterocycles. The standard InChI is InChI=1S/C21H20N2O2/c1-2-16-6-3-9-19(12-16)25-20-10-4-7-17(13-20)14-23-21(24)18-8-5-11-22-15-18/h3-13,15H,2,14H2,1H3,(H,23,24). The van der Waals surface area contributed by atoms with E-state index in [1.165, 1.54) is 5.56 Å². The highest BCUT2D eigenvalue weighted by molar-refractivity contribution is 5.93. The molecule has 0 spiro atoms. The van der Waals surface area contributed by atoms with Gasteiger partial charge >= 0.3 is 0 Å². The average Bonchev–Trinajstić information content (AvgIpc) is 2.67. The van der Waals surface area contributed by atoms with Gasteiger partial charge in [-0.2, -0.15) is 0 Å². The summed E-state index contributed by atoms with van der Waals surface area (Å²) < 4.78 is 5.93. The molecule has 0 saturated carbocycles. The summed E-state index contributed by atoms with van der Waals surface area (Å²) in [5, 5.41) is 2.89. The predicted molar refractivity (Wildman–Crippen MR) is 97.7 cm³/mol. The van der Waals surface area contributed by atoms with Crippen LogP contribution in [0.3, 0.4) is 0 Å². The fourth-order valence-corrected chi connectivity index (χ4v) is 2.47. The van der Waals surface area contributed by atoms with Crippen LogP contribution >= 0.6 is 0 Å². The number of benzene rings is 2. The molecule has 2 aromatic carbocycles. The maximum absolute atomic E-state index is 12.1. The van der Waals surface area contributed by atoms with Crippen molar-refractivity contribution in [2.24, 2.45) is 0 Å². The second-order valence-electron chi connectivity index (χ2n) is 5.67. The van der Waals surface area contributed by atoms with Crippen molar-refractivity contribution in [2.45, 2.75) is 19.9 Å². The largest absolute Gasteiger partial charge is 0.457 e. The van der Waals surface area contributed by atoms with Crippen molar-refractivity contribution < 1.29 is 9.53 Å². The molecule has 3 rings (SSSR count). The summed E-state index contributed by atoms with van der Waals surface area (Å²) in [5.41, 5.74) is 2.75. The van der Waals surface area contributed by atoms with Crippen LogP contribution in [0.15, 0.2) is 73.1 Å². The summed E-state index contributed by atoms with van der Waals surface area (Å²) in [6, 6.07) is 19.3. The molecule has 4 nitrogen and oxygen atoms in total. The van der Waals surface area contributed by atoms with E-state index in [1.54, 1.807) is 24.5 Å². The summed E-state index contributed by atoms with van der Waals surface area (Å²) >= 11 is 0. The average molecular weight is 332 g/mol. The van der Waals surface area contributed by atoms with Crippen molar-refractivity contribution in [1.29, 1.82) is 0 Å². The lowest BCUT2D eigenvalue weighted by atomic mass is 10.1. The molecular formula is C21H20N2O2. The molecule has 3 aromatic rings. The van der Waals surface area contributed by atoms with Crippen LogP contribution in [0.4, 0.5) is 0 Å². The van der Waals surface area contributed by atoms with Gasteiger partial charge < -0.3 is 10.1 Å². The van der Waals surface area contributed by atoms with Crippen molar-refractivity contribution in [3.8, 4) is 11.5 Å². The summed E-state index contributed by atoms with van der Waals surface area (Å²) in [6.45, 7) is 2.55. The number of carbonyl (C=O) groups excluding carboxylic acids is 1. The van der Waals surface area contributed by atoms with E-state index in [0.29, 0.717) is 12.1 Å². The predicted octanol–water partition coefficient (Wildman–Crippen LogP) is 4.37. The fourth-order valence-electron chi connectivity index (χ4n) is 2.47. The second-order valence-corrected chi connectivity index (χ2v) is 5.67. The molecule has 25 heavy (non-hydrogen) atoms. The van der Waals surface area contributed by atoms with E-state index in [4.69, 9.17) is 4.74 Å². The van der Waals surface area contributed by atoms with E-state index in [1.807, 2.05) is 42.5 Å². The van der Waals surface area contributed by atoms with E-state index >= 15 is 0 Å². The van der Waals surface area contributed by atoms with Crippen LogP contribution in [-0.2, 0) is 13.0 Å². The molecule has 1 aromatic heterocycles. The Labute approximate surface area is 147 Å². The Bertz CT molecular complexity index is 847. The zero-order valence-electron chi connectivity index (χ0n) is 14.1. The van der Waals surface area contributed by atoms with Crippen LogP contribution < -0.4 is 10.1 Å². The molecule has 0 saturated heterocycles. The van der Waals surface area contributed by atoms with Gasteiger partial charge in [-0.05, 0) is 53.9 Å². The quantitative estimate of drug-likeness (QED) is 0.729. The Hall–Kier alpha value is -3.14. The lowest BCUT2D eigenvalue weighted by Gasteiger charge is -2.09. The molecule has 126 valence electrons. The first-order chi connectivity index (χ1) is 12.2. The number of hydrogen-bond acceptors (Lipinski definition) is 3. The van der Waals surface area contributed by atoms with Crippen molar-refractivity contribution in [3.63, 3.8) is 0 Å². The van der Waals surface area contributed by atoms with E-state index in [2.05, 4.69) is 23.3 Å². The summed E-state index contributed by atoms with van der Waals surface area (Å²) in [7, 11) is 0. The Balaban J connectivity index is 1.64. The molecule has 0 radical (unpaired) electrons. The SMILES string of the molecule is CCc1cccc(Oc2cccc(CNC(=O)c3cccnc3)c2)c1. The zero-order chi connectivity index (χ0) is 17.5. The molecule has 0 aliphatic carbocycles. The van der Waals surface area contributed by atoms with Crippen LogP contribution in [0, 0.1) is 0 Å². The number of aromatic nitrogens is 1. The van der Waals surface area contributed by atoms with Crippen LogP contribution in [0.1, 0.15) is 28.4 Å². The Kier molecular flexibility index (Phi) is 5.42. The minimum atomic E-state index is -0.143. The maximum atomic E-state index is 12.1. The first-order valence-electron chi connectivity index (χ1n) is 8.28. The van der Waals surface area contributed by atoms with Gasteiger partial charge in [0.1, 0.15) is 11.5 Å². The highest BCUT2D eigenvalue weighted by Gasteiger charge is 2.05. The smallest absolute Gasteiger partial charge is 0.253 e. The highest BCUT2D eigenvalue weighted by atomic mass is 16.5. The number of amides is 1. The summed E-state index contributed by atoms with van der Waals surface area (Å²) in [5.74, 6) is 1.42. The molecule has 0 aliphatic rings. The minimum absolute atomic E-state index is 0.143. The molecule has 1 N–H and O–H groups in total. The Morgan fingerprint density at radius 1 is 1.00 bits per heavy atom. The van der Waals surface area contributed by atoms with Gasteiger partial charge in [0.05, 0.1) is 5.56 Å². The van der Waals surface area contributed by atoms with Gasteiger partial charge in [-0.3, -0.25) is 9.78 Å². The molecule has 0 atom stereocenters. The number of carbonyl (C=O) groups is 1. The summed E-state index contributed by atoms with van der Waals surface area (Å²) in [6.07, 6.45) is 4.17. The topological polar surface area (TPSA) is 51.2 Å². The van der Waals surface area contributed by atoms with E-state index < -0.39 is 0 Å². The number of aryl methyl sites for hydroxylation is 1. The van der Waals surface area contributed by atoms with Gasteiger partial charge in [-0.25, -0.2) is 0 Å². The van der Waals surface area contributed by atoms with Crippen molar-refractivity contribution in [3.05, 3.63) is 89.7 Å². The summed E-state index contributed by atoms with van der Waals surface area (Å²) in [4.78, 5) is 16.0. The minimum Gasteiger partial charge on any atom is -0.457 e. The van der Waals surface area contributed by atoms with Crippen LogP contribution in [-0.4, -0.2) is 10.9 Å². The van der Waals surface area contributed by atoms with Crippen LogP contribution in [0.2, 0.25) is 0 Å². The van der Waals surface area contributed by atoms with Gasteiger partial charge in [0.25, 0.3) is 5.91 Å². The van der Waals surface area contributed by atoms with Gasteiger partial charge in [-0.1, -0.05) is 31.2 Å². The number of nitrogens with zero attached hydrogens (tertiary/aromatic N) is 1. The Morgan fingerprint density at radius 3 is 2.40 bits per heavy atom. The normalized spacial score (nSPS) is 10.3. The van der Waals surface area contributed by atoms with Gasteiger partial charge in [-0.15, -0.1) is 0 Å². The van der Waals surface area contributed by atoms with Crippen molar-refractivity contribution in [2.75, 3.05) is 0 Å². The molecular weight excluding hydrogens is 312 g/mol. The van der Waals surface area contributed by atoms with E-state index in [0.717, 1.165) is 23.5 Å². The Morgan fingerprint density at radius 2 is 1.72 bits per heavy atom. The van der Waals surface area contributed by atoms with E-state index in [9.17, 15) is 4.79 Å². The molecule has 1 heterocycles. The number of pyridine rings is 1. The number of hydrogen-bond donors (Lipinski definition) is 1. The van der Waals surface area contributed by atoms with Crippen LogP contribution in [0.5, 0.6) is 11.5 Å². The lowest BCUT2D eigenvalue weighted by Crippen LogP contribution is -2.22. The molecule has 0 bridgehead atoms. The highest BCUT2D eigenvalue weighted by Crippen LogP contribution is 2.23. The van der Waals surface area contributed by atoms with E-state index in [-0.39, 0.29) is 5.91 Å². The maximum Gasteiger partial charge on any atom is 0.253 e. The fraction of sp³-hybridized carbons (Fsp3) is 0.143. The lowest BCUT2D eigenvalue weighted by molar-refractivity contribution is 0.0950. The third-order valence-electron chi connectivity index (χ3n) is 3.82. The van der Waals surface area contributed by atoms with Gasteiger partial charge in [0.15, 0.2) is 0 Å². The second kappa shape index (κ2) is 8.11. The van der Waals surface area contributed by atoms with Crippen molar-refractivity contribution >= 4 is 5.91 Å². The third-order valence-corrected chi connectivity index (χ3v) is 3.82. The molecule has 0 fully saturated rings. The third kappa shape index (κ3) is 4.67. The molecule has 1 amide bonds. The first kappa shape index (κ1) is 16.7. The first-order valence-corrected chi connectivity index (χ1v) is 8.28. The number of ether oxygens (including phenoxy) is 1. The number of rotatable bonds is 6. The molecule has 4 heteroatoms. The van der Waals surface area contributed by atoms with Gasteiger partial charge in [0, 0.05) is 18.9 Å². The van der Waals surface area contributed by atoms with Gasteiger partial charge in [0.2, 0.25) is 0 Å². The van der Waals surface area contributed by atoms with Crippen molar-refractivity contribution in [1.82, 2.24) is 10.3 Å².